The van der Waals surface area contributed by atoms with Crippen LogP contribution in [0.5, 0.6) is 0 Å². The quantitative estimate of drug-likeness (QED) is 0.316. The minimum atomic E-state index is 0.582. The van der Waals surface area contributed by atoms with Crippen LogP contribution in [0, 0.1) is 0 Å². The molecule has 0 spiro atoms. The number of hydrazine groups is 4. The fourth-order valence-electron chi connectivity index (χ4n) is 1.03. The van der Waals surface area contributed by atoms with Gasteiger partial charge in [-0.25, -0.2) is 10.9 Å². The first-order valence-electron chi connectivity index (χ1n) is 4.69. The third-order valence-electron chi connectivity index (χ3n) is 1.66. The first-order chi connectivity index (χ1) is 7.69. The summed E-state index contributed by atoms with van der Waals surface area (Å²) in [7, 11) is 0. The largest absolute Gasteiger partial charge is 0.276 e. The minimum absolute atomic E-state index is 0.582. The minimum Gasteiger partial charge on any atom is -0.276 e. The first kappa shape index (κ1) is 13.2. The molecule has 7 heteroatoms. The van der Waals surface area contributed by atoms with E-state index in [1.807, 2.05) is 0 Å². The highest BCUT2D eigenvalue weighted by Crippen LogP contribution is 2.11. The molecular formula is C9H15N5S2. The Morgan fingerprint density at radius 2 is 2.00 bits per heavy atom. The Balaban J connectivity index is 2.69. The van der Waals surface area contributed by atoms with Crippen LogP contribution in [0.4, 0.5) is 0 Å². The molecule has 0 atom stereocenters. The average molecular weight is 257 g/mol. The second-order valence-corrected chi connectivity index (χ2v) is 3.80. The van der Waals surface area contributed by atoms with Crippen molar-refractivity contribution in [2.24, 2.45) is 0 Å². The van der Waals surface area contributed by atoms with Gasteiger partial charge in [-0.3, -0.25) is 5.43 Å². The molecule has 0 saturated carbocycles. The van der Waals surface area contributed by atoms with Gasteiger partial charge in [0.05, 0.1) is 0 Å². The van der Waals surface area contributed by atoms with Gasteiger partial charge in [0.25, 0.3) is 0 Å². The molecule has 0 amide bonds. The predicted octanol–water partition coefficient (Wildman–Crippen LogP) is 0.503. The third-order valence-corrected chi connectivity index (χ3v) is 2.19. The summed E-state index contributed by atoms with van der Waals surface area (Å²) in [6.07, 6.45) is 5.23. The second-order valence-electron chi connectivity index (χ2n) is 2.90. The molecule has 0 saturated heterocycles. The Kier molecular flexibility index (Phi) is 5.50. The normalized spacial score (nSPS) is 16.7. The number of nitrogens with one attached hydrogen (secondary N) is 3. The highest BCUT2D eigenvalue weighted by atomic mass is 32.1. The summed E-state index contributed by atoms with van der Waals surface area (Å²) in [5.74, 6) is 0. The fourth-order valence-corrected chi connectivity index (χ4v) is 1.61. The van der Waals surface area contributed by atoms with Gasteiger partial charge >= 0.3 is 0 Å². The summed E-state index contributed by atoms with van der Waals surface area (Å²) >= 11 is 9.38. The van der Waals surface area contributed by atoms with E-state index in [-0.39, 0.29) is 0 Å². The van der Waals surface area contributed by atoms with Crippen molar-refractivity contribution < 1.29 is 0 Å². The highest BCUT2D eigenvalue weighted by Gasteiger charge is 2.20. The van der Waals surface area contributed by atoms with Gasteiger partial charge in [0, 0.05) is 19.2 Å². The van der Waals surface area contributed by atoms with Crippen LogP contribution in [-0.2, 0) is 0 Å². The van der Waals surface area contributed by atoms with Crippen LogP contribution in [0.2, 0.25) is 0 Å². The maximum Gasteiger partial charge on any atom is 0.118 e. The van der Waals surface area contributed by atoms with Crippen LogP contribution < -0.4 is 16.3 Å². The van der Waals surface area contributed by atoms with E-state index in [1.165, 1.54) is 0 Å². The molecule has 0 aromatic carbocycles. The summed E-state index contributed by atoms with van der Waals surface area (Å²) < 4.78 is 0. The summed E-state index contributed by atoms with van der Waals surface area (Å²) in [6.45, 7) is 8.48. The van der Waals surface area contributed by atoms with Gasteiger partial charge in [-0.2, -0.15) is 5.12 Å². The van der Waals surface area contributed by atoms with Crippen molar-refractivity contribution in [2.75, 3.05) is 13.1 Å². The maximum atomic E-state index is 5.06. The summed E-state index contributed by atoms with van der Waals surface area (Å²) in [5.41, 5.74) is 9.08. The summed E-state index contributed by atoms with van der Waals surface area (Å²) in [4.78, 5) is 0.582. The Labute approximate surface area is 106 Å². The van der Waals surface area contributed by atoms with Gasteiger partial charge in [-0.1, -0.05) is 24.4 Å². The molecule has 0 radical (unpaired) electrons. The van der Waals surface area contributed by atoms with Crippen molar-refractivity contribution in [3.05, 3.63) is 36.4 Å². The van der Waals surface area contributed by atoms with Gasteiger partial charge in [-0.05, 0) is 5.23 Å². The zero-order chi connectivity index (χ0) is 12.0. The van der Waals surface area contributed by atoms with Gasteiger partial charge in [0.15, 0.2) is 0 Å². The van der Waals surface area contributed by atoms with Crippen LogP contribution in [0.1, 0.15) is 0 Å². The second kappa shape index (κ2) is 6.66. The Morgan fingerprint density at radius 1 is 1.38 bits per heavy atom. The van der Waals surface area contributed by atoms with E-state index < -0.39 is 0 Å². The summed E-state index contributed by atoms with van der Waals surface area (Å²) in [5, 5.41) is 3.97. The Morgan fingerprint density at radius 3 is 2.62 bits per heavy atom. The molecule has 0 fully saturated rings. The van der Waals surface area contributed by atoms with Gasteiger partial charge < -0.3 is 0 Å². The third kappa shape index (κ3) is 3.62. The lowest BCUT2D eigenvalue weighted by molar-refractivity contribution is -0.0952. The van der Waals surface area contributed by atoms with E-state index in [0.717, 1.165) is 0 Å². The van der Waals surface area contributed by atoms with Crippen molar-refractivity contribution in [1.82, 2.24) is 26.6 Å². The lowest BCUT2D eigenvalue weighted by Crippen LogP contribution is -2.64. The van der Waals surface area contributed by atoms with Crippen molar-refractivity contribution in [3.8, 4) is 0 Å². The molecule has 1 aliphatic heterocycles. The number of rotatable bonds is 6. The number of thiocarbonyl (C=S) groups is 1. The zero-order valence-corrected chi connectivity index (χ0v) is 10.5. The van der Waals surface area contributed by atoms with E-state index in [9.17, 15) is 0 Å². The predicted molar refractivity (Wildman–Crippen MR) is 72.9 cm³/mol. The van der Waals surface area contributed by atoms with E-state index >= 15 is 0 Å². The average Bonchev–Trinajstić information content (AvgIpc) is 2.24. The van der Waals surface area contributed by atoms with Crippen LogP contribution >= 0.6 is 24.8 Å². The number of thiol groups is 1. The lowest BCUT2D eigenvalue weighted by atomic mass is 10.6. The monoisotopic (exact) mass is 257 g/mol. The van der Waals surface area contributed by atoms with Crippen molar-refractivity contribution in [3.63, 3.8) is 0 Å². The van der Waals surface area contributed by atoms with E-state index in [4.69, 9.17) is 12.2 Å². The van der Waals surface area contributed by atoms with E-state index in [1.54, 1.807) is 28.6 Å². The van der Waals surface area contributed by atoms with Gasteiger partial charge in [0.1, 0.15) is 10.0 Å². The fraction of sp³-hybridized carbons (Fsp3) is 0.222. The van der Waals surface area contributed by atoms with E-state index in [2.05, 4.69) is 42.1 Å². The molecule has 1 heterocycles. The van der Waals surface area contributed by atoms with Crippen LogP contribution in [0.15, 0.2) is 36.4 Å². The molecule has 5 nitrogen and oxygen atoms in total. The van der Waals surface area contributed by atoms with Gasteiger partial charge in [0.2, 0.25) is 0 Å². The van der Waals surface area contributed by atoms with Crippen LogP contribution in [0.3, 0.4) is 0 Å². The maximum absolute atomic E-state index is 5.06. The SMILES string of the molecule is C=CCNN1NC(=S)C=C(S)N1NCC=C. The molecule has 1 aliphatic rings. The molecular weight excluding hydrogens is 242 g/mol. The van der Waals surface area contributed by atoms with Gasteiger partial charge in [-0.15, -0.1) is 25.8 Å². The topological polar surface area (TPSA) is 42.6 Å². The van der Waals surface area contributed by atoms with Crippen molar-refractivity contribution in [1.29, 1.82) is 0 Å². The Hall–Kier alpha value is -0.860. The van der Waals surface area contributed by atoms with E-state index in [0.29, 0.717) is 23.1 Å². The Bertz CT molecular complexity index is 315. The molecule has 0 aromatic heterocycles. The van der Waals surface area contributed by atoms with Crippen LogP contribution in [-0.4, -0.2) is 28.4 Å². The molecule has 0 aromatic rings. The molecule has 0 unspecified atom stereocenters. The molecule has 16 heavy (non-hydrogen) atoms. The molecule has 0 aliphatic carbocycles. The zero-order valence-electron chi connectivity index (χ0n) is 8.81. The standard InChI is InChI=1S/C9H15N5S2/c1-3-5-10-13-9(16)7-8(15)12-14(13)11-6-4-2/h3-4,7,10-11,16H,1-2,5-6H2,(H,12,15). The molecule has 1 rings (SSSR count). The first-order valence-corrected chi connectivity index (χ1v) is 5.55. The molecule has 0 bridgehead atoms. The molecule has 88 valence electrons. The lowest BCUT2D eigenvalue weighted by Gasteiger charge is -2.38. The number of nitrogens with zero attached hydrogens (tertiary/aromatic N) is 2. The van der Waals surface area contributed by atoms with Crippen LogP contribution in [0.25, 0.3) is 0 Å². The number of hydrogen-bond donors (Lipinski definition) is 4. The van der Waals surface area contributed by atoms with Crippen molar-refractivity contribution >= 4 is 29.8 Å². The summed E-state index contributed by atoms with van der Waals surface area (Å²) in [6, 6.07) is 0. The molecule has 3 N–H and O–H groups in total. The number of hydrogen-bond acceptors (Lipinski definition) is 6. The highest BCUT2D eigenvalue weighted by molar-refractivity contribution is 7.84. The van der Waals surface area contributed by atoms with Crippen molar-refractivity contribution in [2.45, 2.75) is 0 Å². The smallest absolute Gasteiger partial charge is 0.118 e.